The molecule has 1 aromatic rings. The Hall–Kier alpha value is -1.74. The molecule has 1 aliphatic rings. The number of alkyl halides is 2. The van der Waals surface area contributed by atoms with Gasteiger partial charge in [0.05, 0.1) is 18.1 Å². The van der Waals surface area contributed by atoms with Crippen LogP contribution in [0.3, 0.4) is 0 Å². The van der Waals surface area contributed by atoms with Gasteiger partial charge in [0, 0.05) is 25.2 Å². The van der Waals surface area contributed by atoms with E-state index in [0.29, 0.717) is 18.7 Å². The summed E-state index contributed by atoms with van der Waals surface area (Å²) in [5, 5.41) is 2.63. The maximum Gasteiger partial charge on any atom is 0.387 e. The Bertz CT molecular complexity index is 638. The lowest BCUT2D eigenvalue weighted by atomic mass is 10.2. The maximum atomic E-state index is 12.3. The molecule has 9 heteroatoms. The highest BCUT2D eigenvalue weighted by Gasteiger charge is 2.22. The van der Waals surface area contributed by atoms with Gasteiger partial charge in [-0.2, -0.15) is 8.78 Å². The van der Waals surface area contributed by atoms with Gasteiger partial charge in [0.2, 0.25) is 5.91 Å². The van der Waals surface area contributed by atoms with Crippen molar-refractivity contribution in [3.8, 4) is 5.75 Å². The van der Waals surface area contributed by atoms with Crippen LogP contribution in [0.5, 0.6) is 5.75 Å². The van der Waals surface area contributed by atoms with Gasteiger partial charge < -0.3 is 10.1 Å². The quantitative estimate of drug-likeness (QED) is 0.816. The van der Waals surface area contributed by atoms with Crippen molar-refractivity contribution in [2.75, 3.05) is 31.1 Å². The van der Waals surface area contributed by atoms with Crippen molar-refractivity contribution in [1.82, 2.24) is 10.2 Å². The summed E-state index contributed by atoms with van der Waals surface area (Å²) in [7, 11) is -2.98. The summed E-state index contributed by atoms with van der Waals surface area (Å²) in [4.78, 5) is 13.6. The van der Waals surface area contributed by atoms with Crippen LogP contribution in [0.1, 0.15) is 5.56 Å². The van der Waals surface area contributed by atoms with Crippen LogP contribution in [0, 0.1) is 0 Å². The minimum Gasteiger partial charge on any atom is -0.434 e. The summed E-state index contributed by atoms with van der Waals surface area (Å²) in [6.45, 7) is -2.15. The number of hydrogen-bond donors (Lipinski definition) is 1. The van der Waals surface area contributed by atoms with E-state index in [2.05, 4.69) is 10.1 Å². The number of ether oxygens (including phenoxy) is 1. The number of sulfone groups is 1. The van der Waals surface area contributed by atoms with Crippen LogP contribution in [0.2, 0.25) is 0 Å². The number of nitrogens with zero attached hydrogens (tertiary/aromatic N) is 1. The van der Waals surface area contributed by atoms with Gasteiger partial charge in [-0.1, -0.05) is 18.2 Å². The summed E-state index contributed by atoms with van der Waals surface area (Å²) in [5.74, 6) is -0.181. The average molecular weight is 348 g/mol. The van der Waals surface area contributed by atoms with Crippen LogP contribution in [-0.2, 0) is 21.2 Å². The Morgan fingerprint density at radius 3 is 2.57 bits per heavy atom. The smallest absolute Gasteiger partial charge is 0.387 e. The molecule has 0 atom stereocenters. The van der Waals surface area contributed by atoms with E-state index < -0.39 is 16.4 Å². The standard InChI is InChI=1S/C14H18F2N2O4S/c15-14(16)22-12-4-2-1-3-11(12)9-17-13(19)10-18-5-7-23(20,21)8-6-18/h1-4,14H,5-10H2,(H,17,19). The second-order valence-electron chi connectivity index (χ2n) is 5.19. The summed E-state index contributed by atoms with van der Waals surface area (Å²) < 4.78 is 51.6. The molecule has 1 heterocycles. The van der Waals surface area contributed by atoms with Gasteiger partial charge in [-0.15, -0.1) is 0 Å². The molecule has 0 aromatic heterocycles. The summed E-state index contributed by atoms with van der Waals surface area (Å²) in [6.07, 6.45) is 0. The number of rotatable bonds is 6. The SMILES string of the molecule is O=C(CN1CCS(=O)(=O)CC1)NCc1ccccc1OC(F)F. The van der Waals surface area contributed by atoms with Gasteiger partial charge in [0.1, 0.15) is 5.75 Å². The Kier molecular flexibility index (Phi) is 5.89. The van der Waals surface area contributed by atoms with Crippen LogP contribution in [-0.4, -0.2) is 57.0 Å². The zero-order chi connectivity index (χ0) is 16.9. The van der Waals surface area contributed by atoms with Gasteiger partial charge >= 0.3 is 6.61 Å². The van der Waals surface area contributed by atoms with Gasteiger partial charge in [-0.05, 0) is 6.07 Å². The van der Waals surface area contributed by atoms with Crippen molar-refractivity contribution in [3.63, 3.8) is 0 Å². The third-order valence-electron chi connectivity index (χ3n) is 3.47. The first-order valence-electron chi connectivity index (χ1n) is 7.08. The van der Waals surface area contributed by atoms with Crippen LogP contribution in [0.4, 0.5) is 8.78 Å². The highest BCUT2D eigenvalue weighted by atomic mass is 32.2. The molecule has 0 aliphatic carbocycles. The van der Waals surface area contributed by atoms with E-state index in [-0.39, 0.29) is 36.3 Å². The van der Waals surface area contributed by atoms with Crippen LogP contribution in [0.25, 0.3) is 0 Å². The van der Waals surface area contributed by atoms with Gasteiger partial charge in [0.25, 0.3) is 0 Å². The lowest BCUT2D eigenvalue weighted by Gasteiger charge is -2.25. The van der Waals surface area contributed by atoms with Crippen molar-refractivity contribution < 1.29 is 26.7 Å². The molecule has 23 heavy (non-hydrogen) atoms. The predicted molar refractivity (Wildman–Crippen MR) is 80.0 cm³/mol. The Morgan fingerprint density at radius 2 is 1.91 bits per heavy atom. The minimum atomic E-state index is -2.98. The number of halogens is 2. The molecule has 1 amide bonds. The normalized spacial score (nSPS) is 17.9. The summed E-state index contributed by atoms with van der Waals surface area (Å²) in [6, 6.07) is 6.22. The maximum absolute atomic E-state index is 12.3. The van der Waals surface area contributed by atoms with E-state index in [4.69, 9.17) is 0 Å². The van der Waals surface area contributed by atoms with Crippen molar-refractivity contribution in [3.05, 3.63) is 29.8 Å². The fraction of sp³-hybridized carbons (Fsp3) is 0.500. The molecule has 1 saturated heterocycles. The molecule has 0 saturated carbocycles. The molecule has 1 N–H and O–H groups in total. The first kappa shape index (κ1) is 17.6. The van der Waals surface area contributed by atoms with Crippen molar-refractivity contribution in [1.29, 1.82) is 0 Å². The zero-order valence-corrected chi connectivity index (χ0v) is 13.2. The molecule has 1 fully saturated rings. The molecule has 0 spiro atoms. The molecule has 128 valence electrons. The van der Waals surface area contributed by atoms with E-state index in [1.807, 2.05) is 0 Å². The number of hydrogen-bond acceptors (Lipinski definition) is 5. The highest BCUT2D eigenvalue weighted by Crippen LogP contribution is 2.19. The fourth-order valence-electron chi connectivity index (χ4n) is 2.22. The van der Waals surface area contributed by atoms with Gasteiger partial charge in [-0.25, -0.2) is 8.42 Å². The molecule has 1 aliphatic heterocycles. The number of para-hydroxylation sites is 1. The summed E-state index contributed by atoms with van der Waals surface area (Å²) in [5.41, 5.74) is 0.447. The Balaban J connectivity index is 1.83. The topological polar surface area (TPSA) is 75.7 Å². The van der Waals surface area contributed by atoms with Crippen molar-refractivity contribution in [2.24, 2.45) is 0 Å². The van der Waals surface area contributed by atoms with E-state index >= 15 is 0 Å². The largest absolute Gasteiger partial charge is 0.434 e. The minimum absolute atomic E-state index is 0.0202. The Morgan fingerprint density at radius 1 is 1.26 bits per heavy atom. The van der Waals surface area contributed by atoms with E-state index in [1.54, 1.807) is 23.1 Å². The number of carbonyl (C=O) groups excluding carboxylic acids is 1. The molecular weight excluding hydrogens is 330 g/mol. The van der Waals surface area contributed by atoms with Gasteiger partial charge in [0.15, 0.2) is 9.84 Å². The van der Waals surface area contributed by atoms with Crippen LogP contribution in [0.15, 0.2) is 24.3 Å². The average Bonchev–Trinajstić information content (AvgIpc) is 2.48. The monoisotopic (exact) mass is 348 g/mol. The lowest BCUT2D eigenvalue weighted by Crippen LogP contribution is -2.45. The number of benzene rings is 1. The predicted octanol–water partition coefficient (Wildman–Crippen LogP) is 0.635. The zero-order valence-electron chi connectivity index (χ0n) is 12.4. The number of nitrogens with one attached hydrogen (secondary N) is 1. The fourth-order valence-corrected chi connectivity index (χ4v) is 3.50. The van der Waals surface area contributed by atoms with E-state index in [9.17, 15) is 22.0 Å². The second-order valence-corrected chi connectivity index (χ2v) is 7.49. The van der Waals surface area contributed by atoms with E-state index in [1.165, 1.54) is 6.07 Å². The molecule has 0 unspecified atom stereocenters. The van der Waals surface area contributed by atoms with Crippen LogP contribution < -0.4 is 10.1 Å². The third-order valence-corrected chi connectivity index (χ3v) is 5.08. The molecular formula is C14H18F2N2O4S. The first-order valence-corrected chi connectivity index (χ1v) is 8.90. The van der Waals surface area contributed by atoms with E-state index in [0.717, 1.165) is 0 Å². The van der Waals surface area contributed by atoms with Gasteiger partial charge in [-0.3, -0.25) is 9.69 Å². The molecule has 6 nitrogen and oxygen atoms in total. The van der Waals surface area contributed by atoms with Crippen molar-refractivity contribution in [2.45, 2.75) is 13.2 Å². The lowest BCUT2D eigenvalue weighted by molar-refractivity contribution is -0.122. The highest BCUT2D eigenvalue weighted by molar-refractivity contribution is 7.91. The number of amides is 1. The van der Waals surface area contributed by atoms with Crippen LogP contribution >= 0.6 is 0 Å². The second kappa shape index (κ2) is 7.69. The molecule has 0 bridgehead atoms. The molecule has 1 aromatic carbocycles. The van der Waals surface area contributed by atoms with Crippen molar-refractivity contribution >= 4 is 15.7 Å². The summed E-state index contributed by atoms with van der Waals surface area (Å²) >= 11 is 0. The third kappa shape index (κ3) is 5.76. The Labute approximate surface area is 133 Å². The molecule has 2 rings (SSSR count). The number of carbonyl (C=O) groups is 1. The first-order chi connectivity index (χ1) is 10.9. The molecule has 0 radical (unpaired) electrons.